The van der Waals surface area contributed by atoms with Gasteiger partial charge in [-0.2, -0.15) is 0 Å². The molecular weight excluding hydrogens is 356 g/mol. The maximum atomic E-state index is 12.4. The Kier molecular flexibility index (Phi) is 5.91. The SMILES string of the molecule is Cc1ccc(OCc2nc(CC(=O)Nc3c(C)cc(C)cc3C)cs2)cc1. The first-order valence-electron chi connectivity index (χ1n) is 8.91. The van der Waals surface area contributed by atoms with Gasteiger partial charge >= 0.3 is 0 Å². The monoisotopic (exact) mass is 380 g/mol. The number of thiazole rings is 1. The predicted molar refractivity (Wildman–Crippen MR) is 111 cm³/mol. The maximum absolute atomic E-state index is 12.4. The first-order chi connectivity index (χ1) is 12.9. The molecule has 1 aromatic heterocycles. The number of carbonyl (C=O) groups excluding carboxylic acids is 1. The summed E-state index contributed by atoms with van der Waals surface area (Å²) < 4.78 is 5.75. The van der Waals surface area contributed by atoms with Gasteiger partial charge in [-0.1, -0.05) is 35.4 Å². The third-order valence-electron chi connectivity index (χ3n) is 4.27. The maximum Gasteiger partial charge on any atom is 0.230 e. The number of hydrogen-bond acceptors (Lipinski definition) is 4. The van der Waals surface area contributed by atoms with Crippen LogP contribution in [0, 0.1) is 27.7 Å². The van der Waals surface area contributed by atoms with Crippen LogP contribution in [0.25, 0.3) is 0 Å². The van der Waals surface area contributed by atoms with Gasteiger partial charge in [-0.15, -0.1) is 11.3 Å². The third kappa shape index (κ3) is 5.17. The number of ether oxygens (including phenoxy) is 1. The highest BCUT2D eigenvalue weighted by Gasteiger charge is 2.11. The van der Waals surface area contributed by atoms with E-state index in [2.05, 4.69) is 29.4 Å². The molecule has 0 aliphatic carbocycles. The van der Waals surface area contributed by atoms with Gasteiger partial charge in [0.15, 0.2) is 0 Å². The molecule has 0 bridgehead atoms. The van der Waals surface area contributed by atoms with Gasteiger partial charge in [-0.25, -0.2) is 4.98 Å². The van der Waals surface area contributed by atoms with Crippen LogP contribution in [0.4, 0.5) is 5.69 Å². The predicted octanol–water partition coefficient (Wildman–Crippen LogP) is 5.14. The van der Waals surface area contributed by atoms with Crippen molar-refractivity contribution in [2.45, 2.75) is 40.7 Å². The molecule has 0 unspecified atom stereocenters. The second kappa shape index (κ2) is 8.35. The zero-order valence-electron chi connectivity index (χ0n) is 16.1. The first-order valence-corrected chi connectivity index (χ1v) is 9.79. The van der Waals surface area contributed by atoms with Crippen molar-refractivity contribution in [1.82, 2.24) is 4.98 Å². The van der Waals surface area contributed by atoms with E-state index in [9.17, 15) is 4.79 Å². The molecule has 27 heavy (non-hydrogen) atoms. The molecule has 0 spiro atoms. The molecule has 0 atom stereocenters. The van der Waals surface area contributed by atoms with Crippen molar-refractivity contribution in [1.29, 1.82) is 0 Å². The smallest absolute Gasteiger partial charge is 0.230 e. The number of nitrogens with one attached hydrogen (secondary N) is 1. The Bertz CT molecular complexity index is 922. The molecule has 0 radical (unpaired) electrons. The van der Waals surface area contributed by atoms with Crippen LogP contribution in [-0.4, -0.2) is 10.9 Å². The third-order valence-corrected chi connectivity index (χ3v) is 5.14. The summed E-state index contributed by atoms with van der Waals surface area (Å²) in [6, 6.07) is 12.1. The van der Waals surface area contributed by atoms with Crippen LogP contribution in [0.2, 0.25) is 0 Å². The van der Waals surface area contributed by atoms with Crippen molar-refractivity contribution in [2.75, 3.05) is 5.32 Å². The summed E-state index contributed by atoms with van der Waals surface area (Å²) in [5.41, 5.74) is 6.20. The van der Waals surface area contributed by atoms with Crippen LogP contribution in [-0.2, 0) is 17.8 Å². The van der Waals surface area contributed by atoms with Crippen molar-refractivity contribution in [3.05, 3.63) is 74.7 Å². The van der Waals surface area contributed by atoms with Gasteiger partial charge in [-0.3, -0.25) is 4.79 Å². The summed E-state index contributed by atoms with van der Waals surface area (Å²) in [5.74, 6) is 0.766. The zero-order chi connectivity index (χ0) is 19.4. The summed E-state index contributed by atoms with van der Waals surface area (Å²) in [6.45, 7) is 8.53. The fraction of sp³-hybridized carbons (Fsp3) is 0.273. The number of amides is 1. The summed E-state index contributed by atoms with van der Waals surface area (Å²) in [7, 11) is 0. The largest absolute Gasteiger partial charge is 0.486 e. The van der Waals surface area contributed by atoms with E-state index in [-0.39, 0.29) is 12.3 Å². The first kappa shape index (κ1) is 19.1. The van der Waals surface area contributed by atoms with E-state index in [1.54, 1.807) is 0 Å². The number of nitrogens with zero attached hydrogens (tertiary/aromatic N) is 1. The lowest BCUT2D eigenvalue weighted by Crippen LogP contribution is -2.16. The van der Waals surface area contributed by atoms with E-state index in [4.69, 9.17) is 4.74 Å². The lowest BCUT2D eigenvalue weighted by atomic mass is 10.0. The van der Waals surface area contributed by atoms with Crippen LogP contribution in [0.15, 0.2) is 41.8 Å². The minimum atomic E-state index is -0.0543. The van der Waals surface area contributed by atoms with Crippen LogP contribution in [0.5, 0.6) is 5.75 Å². The summed E-state index contributed by atoms with van der Waals surface area (Å²) in [5, 5.41) is 5.80. The van der Waals surface area contributed by atoms with Crippen LogP contribution in [0.3, 0.4) is 0 Å². The van der Waals surface area contributed by atoms with Crippen molar-refractivity contribution in [3.63, 3.8) is 0 Å². The molecule has 0 aliphatic rings. The van der Waals surface area contributed by atoms with Gasteiger partial charge in [0.2, 0.25) is 5.91 Å². The van der Waals surface area contributed by atoms with Crippen molar-refractivity contribution in [2.24, 2.45) is 0 Å². The van der Waals surface area contributed by atoms with Crippen molar-refractivity contribution in [3.8, 4) is 5.75 Å². The standard InChI is InChI=1S/C22H24N2O2S/c1-14-5-7-19(8-6-14)26-12-21-23-18(13-27-21)11-20(25)24-22-16(3)9-15(2)10-17(22)4/h5-10,13H,11-12H2,1-4H3,(H,24,25). The second-order valence-corrected chi connectivity index (χ2v) is 7.78. The quantitative estimate of drug-likeness (QED) is 0.644. The number of benzene rings is 2. The van der Waals surface area contributed by atoms with E-state index in [1.165, 1.54) is 22.5 Å². The van der Waals surface area contributed by atoms with Gasteiger partial charge in [0.25, 0.3) is 0 Å². The van der Waals surface area contributed by atoms with E-state index in [0.717, 1.165) is 33.3 Å². The molecule has 140 valence electrons. The highest BCUT2D eigenvalue weighted by Crippen LogP contribution is 2.22. The van der Waals surface area contributed by atoms with Crippen LogP contribution < -0.4 is 10.1 Å². The van der Waals surface area contributed by atoms with Gasteiger partial charge in [0.1, 0.15) is 17.4 Å². The topological polar surface area (TPSA) is 51.2 Å². The van der Waals surface area contributed by atoms with Crippen molar-refractivity contribution < 1.29 is 9.53 Å². The second-order valence-electron chi connectivity index (χ2n) is 6.83. The fourth-order valence-electron chi connectivity index (χ4n) is 3.00. The lowest BCUT2D eigenvalue weighted by Gasteiger charge is -2.12. The molecule has 0 fully saturated rings. The highest BCUT2D eigenvalue weighted by molar-refractivity contribution is 7.09. The van der Waals surface area contributed by atoms with E-state index >= 15 is 0 Å². The number of carbonyl (C=O) groups is 1. The molecule has 4 nitrogen and oxygen atoms in total. The Balaban J connectivity index is 1.57. The Hall–Kier alpha value is -2.66. The molecule has 1 N–H and O–H groups in total. The van der Waals surface area contributed by atoms with Gasteiger partial charge in [-0.05, 0) is 51.0 Å². The molecular formula is C22H24N2O2S. The van der Waals surface area contributed by atoms with E-state index in [0.29, 0.717) is 6.61 Å². The Morgan fingerprint density at radius 2 is 1.70 bits per heavy atom. The number of hydrogen-bond donors (Lipinski definition) is 1. The molecule has 5 heteroatoms. The average Bonchev–Trinajstić information content (AvgIpc) is 3.05. The van der Waals surface area contributed by atoms with Gasteiger partial charge in [0, 0.05) is 11.1 Å². The average molecular weight is 381 g/mol. The fourth-order valence-corrected chi connectivity index (χ4v) is 3.71. The summed E-state index contributed by atoms with van der Waals surface area (Å²) in [4.78, 5) is 16.9. The minimum absolute atomic E-state index is 0.0543. The molecule has 0 saturated heterocycles. The van der Waals surface area contributed by atoms with Gasteiger partial charge < -0.3 is 10.1 Å². The molecule has 1 heterocycles. The Labute approximate surface area is 164 Å². The molecule has 3 aromatic rings. The molecule has 3 rings (SSSR count). The Morgan fingerprint density at radius 3 is 2.37 bits per heavy atom. The molecule has 0 saturated carbocycles. The van der Waals surface area contributed by atoms with Crippen LogP contribution >= 0.6 is 11.3 Å². The number of rotatable bonds is 6. The van der Waals surface area contributed by atoms with E-state index in [1.807, 2.05) is 50.4 Å². The minimum Gasteiger partial charge on any atom is -0.486 e. The summed E-state index contributed by atoms with van der Waals surface area (Å²) in [6.07, 6.45) is 0.258. The highest BCUT2D eigenvalue weighted by atomic mass is 32.1. The molecule has 0 aliphatic heterocycles. The zero-order valence-corrected chi connectivity index (χ0v) is 16.9. The number of anilines is 1. The summed E-state index contributed by atoms with van der Waals surface area (Å²) >= 11 is 1.51. The van der Waals surface area contributed by atoms with Gasteiger partial charge in [0.05, 0.1) is 12.1 Å². The number of aryl methyl sites for hydroxylation is 4. The molecule has 1 amide bonds. The van der Waals surface area contributed by atoms with E-state index < -0.39 is 0 Å². The Morgan fingerprint density at radius 1 is 1.04 bits per heavy atom. The normalized spacial score (nSPS) is 10.7. The van der Waals surface area contributed by atoms with Crippen molar-refractivity contribution >= 4 is 22.9 Å². The lowest BCUT2D eigenvalue weighted by molar-refractivity contribution is -0.115. The van der Waals surface area contributed by atoms with Crippen LogP contribution in [0.1, 0.15) is 33.0 Å². The number of aromatic nitrogens is 1. The molecule has 2 aromatic carbocycles.